The zero-order chi connectivity index (χ0) is 12.3. The van der Waals surface area contributed by atoms with Gasteiger partial charge in [0.2, 0.25) is 0 Å². The molecule has 2 aromatic rings. The van der Waals surface area contributed by atoms with Crippen LogP contribution in [0.1, 0.15) is 21.6 Å². The molecule has 0 spiro atoms. The van der Waals surface area contributed by atoms with Gasteiger partial charge < -0.3 is 5.32 Å². The van der Waals surface area contributed by atoms with Gasteiger partial charge in [-0.2, -0.15) is 5.10 Å². The molecule has 88 valence electrons. The van der Waals surface area contributed by atoms with Crippen LogP contribution in [-0.4, -0.2) is 16.1 Å². The first-order chi connectivity index (χ1) is 8.16. The van der Waals surface area contributed by atoms with E-state index in [0.29, 0.717) is 17.1 Å². The van der Waals surface area contributed by atoms with Gasteiger partial charge in [-0.05, 0) is 30.7 Å². The zero-order valence-corrected chi connectivity index (χ0v) is 10.1. The summed E-state index contributed by atoms with van der Waals surface area (Å²) in [7, 11) is 0. The SMILES string of the molecule is Cc1ccc(C(=O)NCc2ccn[nH]2)cc1Cl. The lowest BCUT2D eigenvalue weighted by molar-refractivity contribution is 0.0950. The van der Waals surface area contributed by atoms with Crippen LogP contribution < -0.4 is 5.32 Å². The number of aryl methyl sites for hydroxylation is 1. The molecule has 0 aliphatic carbocycles. The third kappa shape index (κ3) is 2.85. The minimum Gasteiger partial charge on any atom is -0.346 e. The number of benzene rings is 1. The average molecular weight is 250 g/mol. The summed E-state index contributed by atoms with van der Waals surface area (Å²) in [5, 5.41) is 9.95. The lowest BCUT2D eigenvalue weighted by atomic mass is 10.1. The predicted molar refractivity (Wildman–Crippen MR) is 65.9 cm³/mol. The first kappa shape index (κ1) is 11.7. The van der Waals surface area contributed by atoms with Gasteiger partial charge in [0, 0.05) is 16.8 Å². The molecule has 2 rings (SSSR count). The van der Waals surface area contributed by atoms with Gasteiger partial charge in [-0.1, -0.05) is 17.7 Å². The Kier molecular flexibility index (Phi) is 3.44. The molecule has 2 N–H and O–H groups in total. The van der Waals surface area contributed by atoms with Crippen molar-refractivity contribution < 1.29 is 4.79 Å². The molecule has 0 saturated heterocycles. The van der Waals surface area contributed by atoms with Crippen molar-refractivity contribution in [2.24, 2.45) is 0 Å². The summed E-state index contributed by atoms with van der Waals surface area (Å²) in [5.74, 6) is -0.151. The monoisotopic (exact) mass is 249 g/mol. The number of rotatable bonds is 3. The number of hydrogen-bond donors (Lipinski definition) is 2. The second kappa shape index (κ2) is 5.01. The molecule has 1 heterocycles. The summed E-state index contributed by atoms with van der Waals surface area (Å²) in [6.07, 6.45) is 1.64. The number of H-pyrrole nitrogens is 1. The van der Waals surface area contributed by atoms with E-state index in [1.165, 1.54) is 0 Å². The van der Waals surface area contributed by atoms with Crippen molar-refractivity contribution in [1.82, 2.24) is 15.5 Å². The normalized spacial score (nSPS) is 10.2. The molecular formula is C12H12ClN3O. The number of halogens is 1. The second-order valence-electron chi connectivity index (χ2n) is 3.73. The van der Waals surface area contributed by atoms with Crippen LogP contribution in [0.3, 0.4) is 0 Å². The van der Waals surface area contributed by atoms with Crippen LogP contribution in [0.15, 0.2) is 30.5 Å². The van der Waals surface area contributed by atoms with Crippen LogP contribution in [-0.2, 0) is 6.54 Å². The van der Waals surface area contributed by atoms with Gasteiger partial charge in [0.25, 0.3) is 5.91 Å². The summed E-state index contributed by atoms with van der Waals surface area (Å²) >= 11 is 5.96. The van der Waals surface area contributed by atoms with Crippen LogP contribution in [0.4, 0.5) is 0 Å². The summed E-state index contributed by atoms with van der Waals surface area (Å²) in [6, 6.07) is 7.05. The fraction of sp³-hybridized carbons (Fsp3) is 0.167. The molecule has 1 aromatic carbocycles. The van der Waals surface area contributed by atoms with E-state index < -0.39 is 0 Å². The highest BCUT2D eigenvalue weighted by Gasteiger charge is 2.07. The van der Waals surface area contributed by atoms with E-state index in [-0.39, 0.29) is 5.91 Å². The van der Waals surface area contributed by atoms with E-state index in [1.807, 2.05) is 19.1 Å². The van der Waals surface area contributed by atoms with Gasteiger partial charge in [0.1, 0.15) is 0 Å². The van der Waals surface area contributed by atoms with Crippen molar-refractivity contribution >= 4 is 17.5 Å². The molecule has 0 unspecified atom stereocenters. The Morgan fingerprint density at radius 2 is 2.29 bits per heavy atom. The van der Waals surface area contributed by atoms with Gasteiger partial charge in [-0.15, -0.1) is 0 Å². The van der Waals surface area contributed by atoms with Gasteiger partial charge >= 0.3 is 0 Å². The summed E-state index contributed by atoms with van der Waals surface area (Å²) in [5.41, 5.74) is 2.37. The standard InChI is InChI=1S/C12H12ClN3O/c1-8-2-3-9(6-11(8)13)12(17)14-7-10-4-5-15-16-10/h2-6H,7H2,1H3,(H,14,17)(H,15,16). The average Bonchev–Trinajstić information content (AvgIpc) is 2.82. The number of nitrogens with one attached hydrogen (secondary N) is 2. The third-order valence-electron chi connectivity index (χ3n) is 2.43. The fourth-order valence-electron chi connectivity index (χ4n) is 1.39. The number of amides is 1. The number of nitrogens with zero attached hydrogens (tertiary/aromatic N) is 1. The Morgan fingerprint density at radius 3 is 2.94 bits per heavy atom. The highest BCUT2D eigenvalue weighted by atomic mass is 35.5. The molecule has 0 bridgehead atoms. The molecule has 0 saturated carbocycles. The van der Waals surface area contributed by atoms with Crippen LogP contribution in [0.2, 0.25) is 5.02 Å². The number of carbonyl (C=O) groups is 1. The number of aromatic amines is 1. The van der Waals surface area contributed by atoms with E-state index in [1.54, 1.807) is 18.3 Å². The Hall–Kier alpha value is -1.81. The van der Waals surface area contributed by atoms with E-state index >= 15 is 0 Å². The van der Waals surface area contributed by atoms with Gasteiger partial charge in [0.05, 0.1) is 12.2 Å². The largest absolute Gasteiger partial charge is 0.346 e. The number of hydrogen-bond acceptors (Lipinski definition) is 2. The lowest BCUT2D eigenvalue weighted by Crippen LogP contribution is -2.22. The fourth-order valence-corrected chi connectivity index (χ4v) is 1.58. The number of aromatic nitrogens is 2. The number of carbonyl (C=O) groups excluding carboxylic acids is 1. The molecule has 0 aliphatic rings. The molecule has 0 fully saturated rings. The first-order valence-corrected chi connectivity index (χ1v) is 5.57. The first-order valence-electron chi connectivity index (χ1n) is 5.19. The van der Waals surface area contributed by atoms with E-state index in [0.717, 1.165) is 11.3 Å². The van der Waals surface area contributed by atoms with Crippen LogP contribution in [0.5, 0.6) is 0 Å². The van der Waals surface area contributed by atoms with Crippen LogP contribution in [0.25, 0.3) is 0 Å². The Balaban J connectivity index is 2.02. The molecule has 5 heteroatoms. The summed E-state index contributed by atoms with van der Waals surface area (Å²) in [6.45, 7) is 2.32. The molecule has 0 radical (unpaired) electrons. The Bertz CT molecular complexity index is 523. The minimum absolute atomic E-state index is 0.151. The highest BCUT2D eigenvalue weighted by molar-refractivity contribution is 6.31. The van der Waals surface area contributed by atoms with Crippen molar-refractivity contribution in [3.8, 4) is 0 Å². The maximum atomic E-state index is 11.8. The predicted octanol–water partition coefficient (Wildman–Crippen LogP) is 2.30. The van der Waals surface area contributed by atoms with E-state index in [2.05, 4.69) is 15.5 Å². The lowest BCUT2D eigenvalue weighted by Gasteiger charge is -2.05. The quantitative estimate of drug-likeness (QED) is 0.877. The Morgan fingerprint density at radius 1 is 1.47 bits per heavy atom. The van der Waals surface area contributed by atoms with Crippen molar-refractivity contribution in [1.29, 1.82) is 0 Å². The molecular weight excluding hydrogens is 238 g/mol. The van der Waals surface area contributed by atoms with Crippen molar-refractivity contribution in [2.75, 3.05) is 0 Å². The molecule has 0 aliphatic heterocycles. The smallest absolute Gasteiger partial charge is 0.251 e. The van der Waals surface area contributed by atoms with E-state index in [9.17, 15) is 4.79 Å². The zero-order valence-electron chi connectivity index (χ0n) is 9.33. The minimum atomic E-state index is -0.151. The molecule has 0 atom stereocenters. The summed E-state index contributed by atoms with van der Waals surface area (Å²) < 4.78 is 0. The summed E-state index contributed by atoms with van der Waals surface area (Å²) in [4.78, 5) is 11.8. The molecule has 17 heavy (non-hydrogen) atoms. The van der Waals surface area contributed by atoms with Gasteiger partial charge in [-0.25, -0.2) is 0 Å². The van der Waals surface area contributed by atoms with Crippen molar-refractivity contribution in [3.05, 3.63) is 52.3 Å². The van der Waals surface area contributed by atoms with Crippen LogP contribution >= 0.6 is 11.6 Å². The van der Waals surface area contributed by atoms with Crippen molar-refractivity contribution in [3.63, 3.8) is 0 Å². The maximum Gasteiger partial charge on any atom is 0.251 e. The van der Waals surface area contributed by atoms with Crippen LogP contribution in [0, 0.1) is 6.92 Å². The van der Waals surface area contributed by atoms with Gasteiger partial charge in [0.15, 0.2) is 0 Å². The van der Waals surface area contributed by atoms with Crippen molar-refractivity contribution in [2.45, 2.75) is 13.5 Å². The molecule has 1 amide bonds. The highest BCUT2D eigenvalue weighted by Crippen LogP contribution is 2.16. The van der Waals surface area contributed by atoms with E-state index in [4.69, 9.17) is 11.6 Å². The molecule has 4 nitrogen and oxygen atoms in total. The topological polar surface area (TPSA) is 57.8 Å². The van der Waals surface area contributed by atoms with Gasteiger partial charge in [-0.3, -0.25) is 9.89 Å². The third-order valence-corrected chi connectivity index (χ3v) is 2.84. The molecule has 1 aromatic heterocycles. The maximum absolute atomic E-state index is 11.8. The second-order valence-corrected chi connectivity index (χ2v) is 4.14. The Labute approximate surface area is 104 Å².